The van der Waals surface area contributed by atoms with E-state index in [1.54, 1.807) is 12.5 Å². The molecule has 0 fully saturated rings. The first-order valence-corrected chi connectivity index (χ1v) is 7.69. The molecule has 0 bridgehead atoms. The molecule has 5 nitrogen and oxygen atoms in total. The molecule has 0 aliphatic rings. The fourth-order valence-electron chi connectivity index (χ4n) is 2.22. The van der Waals surface area contributed by atoms with Gasteiger partial charge in [0.2, 0.25) is 0 Å². The normalized spacial score (nSPS) is 10.5. The number of urea groups is 1. The maximum absolute atomic E-state index is 11.7. The Morgan fingerprint density at radius 2 is 2.00 bits per heavy atom. The Labute approximate surface area is 131 Å². The predicted molar refractivity (Wildman–Crippen MR) is 87.9 cm³/mol. The van der Waals surface area contributed by atoms with E-state index in [4.69, 9.17) is 0 Å². The van der Waals surface area contributed by atoms with Gasteiger partial charge in [-0.2, -0.15) is 0 Å². The van der Waals surface area contributed by atoms with Gasteiger partial charge in [-0.25, -0.2) is 9.78 Å². The average molecular weight is 300 g/mol. The molecule has 5 heteroatoms. The second-order valence-electron chi connectivity index (χ2n) is 5.51. The van der Waals surface area contributed by atoms with Crippen molar-refractivity contribution in [1.29, 1.82) is 0 Å². The van der Waals surface area contributed by atoms with Gasteiger partial charge in [-0.15, -0.1) is 0 Å². The smallest absolute Gasteiger partial charge is 0.314 e. The Kier molecular flexibility index (Phi) is 6.01. The summed E-state index contributed by atoms with van der Waals surface area (Å²) in [5.41, 5.74) is 3.84. The third kappa shape index (κ3) is 5.24. The molecule has 118 valence electrons. The van der Waals surface area contributed by atoms with Gasteiger partial charge in [0, 0.05) is 32.0 Å². The lowest BCUT2D eigenvalue weighted by atomic mass is 10.0. The standard InChI is InChI=1S/C17H24N4O/c1-14-4-5-16(12-15(14)2)6-8-20-17(22)19-7-3-10-21-11-9-18-13-21/h4-5,9,11-13H,3,6-8,10H2,1-2H3,(H2,19,20,22). The van der Waals surface area contributed by atoms with E-state index >= 15 is 0 Å². The van der Waals surface area contributed by atoms with Gasteiger partial charge in [0.1, 0.15) is 0 Å². The maximum Gasteiger partial charge on any atom is 0.314 e. The number of hydrogen-bond acceptors (Lipinski definition) is 2. The summed E-state index contributed by atoms with van der Waals surface area (Å²) in [6.45, 7) is 6.39. The highest BCUT2D eigenvalue weighted by atomic mass is 16.2. The zero-order chi connectivity index (χ0) is 15.8. The molecule has 0 saturated heterocycles. The fourth-order valence-corrected chi connectivity index (χ4v) is 2.22. The largest absolute Gasteiger partial charge is 0.338 e. The molecule has 1 aromatic heterocycles. The number of carbonyl (C=O) groups is 1. The van der Waals surface area contributed by atoms with Crippen molar-refractivity contribution in [3.63, 3.8) is 0 Å². The Bertz CT molecular complexity index is 593. The molecule has 2 amide bonds. The number of benzene rings is 1. The van der Waals surface area contributed by atoms with Crippen LogP contribution in [0.2, 0.25) is 0 Å². The van der Waals surface area contributed by atoms with Gasteiger partial charge in [-0.05, 0) is 43.4 Å². The predicted octanol–water partition coefficient (Wildman–Crippen LogP) is 2.43. The zero-order valence-corrected chi connectivity index (χ0v) is 13.3. The van der Waals surface area contributed by atoms with Crippen LogP contribution < -0.4 is 10.6 Å². The van der Waals surface area contributed by atoms with Crippen LogP contribution in [0.3, 0.4) is 0 Å². The van der Waals surface area contributed by atoms with Gasteiger partial charge in [0.05, 0.1) is 6.33 Å². The molecule has 0 aliphatic carbocycles. The number of hydrogen-bond donors (Lipinski definition) is 2. The summed E-state index contributed by atoms with van der Waals surface area (Å²) in [6.07, 6.45) is 7.20. The van der Waals surface area contributed by atoms with Crippen molar-refractivity contribution < 1.29 is 4.79 Å². The molecule has 0 radical (unpaired) electrons. The lowest BCUT2D eigenvalue weighted by molar-refractivity contribution is 0.240. The molecule has 1 aromatic carbocycles. The number of nitrogens with one attached hydrogen (secondary N) is 2. The summed E-state index contributed by atoms with van der Waals surface area (Å²) < 4.78 is 2.00. The highest BCUT2D eigenvalue weighted by Crippen LogP contribution is 2.09. The molecule has 0 spiro atoms. The molecule has 0 saturated carbocycles. The van der Waals surface area contributed by atoms with Crippen molar-refractivity contribution in [2.45, 2.75) is 33.2 Å². The van der Waals surface area contributed by atoms with Gasteiger partial charge in [-0.3, -0.25) is 0 Å². The Morgan fingerprint density at radius 1 is 1.18 bits per heavy atom. The topological polar surface area (TPSA) is 59.0 Å². The monoisotopic (exact) mass is 300 g/mol. The first-order valence-electron chi connectivity index (χ1n) is 7.69. The average Bonchev–Trinajstić information content (AvgIpc) is 3.01. The quantitative estimate of drug-likeness (QED) is 0.772. The number of amides is 2. The van der Waals surface area contributed by atoms with Gasteiger partial charge in [0.15, 0.2) is 0 Å². The molecular weight excluding hydrogens is 276 g/mol. The van der Waals surface area contributed by atoms with Crippen molar-refractivity contribution in [2.24, 2.45) is 0 Å². The van der Waals surface area contributed by atoms with Crippen molar-refractivity contribution in [3.05, 3.63) is 53.6 Å². The Balaban J connectivity index is 1.58. The molecule has 22 heavy (non-hydrogen) atoms. The van der Waals surface area contributed by atoms with E-state index in [0.717, 1.165) is 19.4 Å². The summed E-state index contributed by atoms with van der Waals surface area (Å²) in [5.74, 6) is 0. The lowest BCUT2D eigenvalue weighted by Gasteiger charge is -2.09. The number of rotatable bonds is 7. The summed E-state index contributed by atoms with van der Waals surface area (Å²) in [7, 11) is 0. The Morgan fingerprint density at radius 3 is 2.73 bits per heavy atom. The van der Waals surface area contributed by atoms with Crippen molar-refractivity contribution in [1.82, 2.24) is 20.2 Å². The minimum Gasteiger partial charge on any atom is -0.338 e. The number of aromatic nitrogens is 2. The summed E-state index contributed by atoms with van der Waals surface area (Å²) in [5, 5.41) is 5.76. The third-order valence-electron chi connectivity index (χ3n) is 3.71. The highest BCUT2D eigenvalue weighted by molar-refractivity contribution is 5.73. The van der Waals surface area contributed by atoms with Crippen LogP contribution in [0.5, 0.6) is 0 Å². The van der Waals surface area contributed by atoms with E-state index in [1.807, 2.05) is 10.8 Å². The molecule has 2 rings (SSSR count). The molecule has 2 N–H and O–H groups in total. The lowest BCUT2D eigenvalue weighted by Crippen LogP contribution is -2.37. The van der Waals surface area contributed by atoms with E-state index in [-0.39, 0.29) is 6.03 Å². The molecule has 0 atom stereocenters. The van der Waals surface area contributed by atoms with Gasteiger partial charge >= 0.3 is 6.03 Å². The maximum atomic E-state index is 11.7. The molecule has 2 aromatic rings. The highest BCUT2D eigenvalue weighted by Gasteiger charge is 2.01. The van der Waals surface area contributed by atoms with Crippen molar-refractivity contribution >= 4 is 6.03 Å². The van der Waals surface area contributed by atoms with Crippen LogP contribution in [0.4, 0.5) is 4.79 Å². The van der Waals surface area contributed by atoms with Crippen LogP contribution in [0.25, 0.3) is 0 Å². The van der Waals surface area contributed by atoms with Crippen LogP contribution in [-0.2, 0) is 13.0 Å². The number of imidazole rings is 1. The summed E-state index contributed by atoms with van der Waals surface area (Å²) in [4.78, 5) is 15.7. The van der Waals surface area contributed by atoms with E-state index in [9.17, 15) is 4.79 Å². The van der Waals surface area contributed by atoms with Gasteiger partial charge in [-0.1, -0.05) is 18.2 Å². The summed E-state index contributed by atoms with van der Waals surface area (Å²) >= 11 is 0. The summed E-state index contributed by atoms with van der Waals surface area (Å²) in [6, 6.07) is 6.32. The van der Waals surface area contributed by atoms with Crippen molar-refractivity contribution in [2.75, 3.05) is 13.1 Å². The first kappa shape index (κ1) is 16.1. The Hall–Kier alpha value is -2.30. The number of aryl methyl sites for hydroxylation is 3. The van der Waals surface area contributed by atoms with Crippen LogP contribution in [0, 0.1) is 13.8 Å². The van der Waals surface area contributed by atoms with E-state index < -0.39 is 0 Å². The van der Waals surface area contributed by atoms with Gasteiger partial charge < -0.3 is 15.2 Å². The van der Waals surface area contributed by atoms with Crippen LogP contribution in [-0.4, -0.2) is 28.7 Å². The third-order valence-corrected chi connectivity index (χ3v) is 3.71. The molecule has 0 aliphatic heterocycles. The zero-order valence-electron chi connectivity index (χ0n) is 13.3. The minimum absolute atomic E-state index is 0.102. The van der Waals surface area contributed by atoms with E-state index in [0.29, 0.717) is 13.1 Å². The minimum atomic E-state index is -0.102. The first-order chi connectivity index (χ1) is 10.6. The second kappa shape index (κ2) is 8.22. The van der Waals surface area contributed by atoms with Crippen LogP contribution >= 0.6 is 0 Å². The SMILES string of the molecule is Cc1ccc(CCNC(=O)NCCCn2ccnc2)cc1C. The van der Waals surface area contributed by atoms with E-state index in [2.05, 4.69) is 47.7 Å². The number of carbonyl (C=O) groups excluding carboxylic acids is 1. The molecule has 1 heterocycles. The molecular formula is C17H24N4O. The molecule has 0 unspecified atom stereocenters. The van der Waals surface area contributed by atoms with Crippen LogP contribution in [0.15, 0.2) is 36.9 Å². The second-order valence-corrected chi connectivity index (χ2v) is 5.51. The number of nitrogens with zero attached hydrogens (tertiary/aromatic N) is 2. The van der Waals surface area contributed by atoms with Crippen molar-refractivity contribution in [3.8, 4) is 0 Å². The fraction of sp³-hybridized carbons (Fsp3) is 0.412. The van der Waals surface area contributed by atoms with E-state index in [1.165, 1.54) is 16.7 Å². The van der Waals surface area contributed by atoms with Crippen LogP contribution in [0.1, 0.15) is 23.1 Å². The van der Waals surface area contributed by atoms with Gasteiger partial charge in [0.25, 0.3) is 0 Å².